The number of amides is 2. The molecule has 1 aliphatic heterocycles. The van der Waals surface area contributed by atoms with Crippen LogP contribution < -0.4 is 5.32 Å². The molecule has 5 rings (SSSR count). The highest BCUT2D eigenvalue weighted by Crippen LogP contribution is 2.41. The maximum atomic E-state index is 14.1. The summed E-state index contributed by atoms with van der Waals surface area (Å²) in [6.07, 6.45) is -8.59. The van der Waals surface area contributed by atoms with Gasteiger partial charge >= 0.3 is 12.4 Å². The maximum Gasteiger partial charge on any atom is 0.416 e. The lowest BCUT2D eigenvalue weighted by molar-refractivity contribution is -0.143. The average molecular weight is 636 g/mol. The first kappa shape index (κ1) is 31.6. The highest BCUT2D eigenvalue weighted by Gasteiger charge is 2.41. The number of pyridine rings is 1. The number of hydrogen-bond acceptors (Lipinski definition) is 6. The zero-order valence-electron chi connectivity index (χ0n) is 23.4. The van der Waals surface area contributed by atoms with Crippen molar-refractivity contribution in [2.45, 2.75) is 44.0 Å². The van der Waals surface area contributed by atoms with Crippen LogP contribution in [0.5, 0.6) is 0 Å². The Bertz CT molecular complexity index is 1690. The van der Waals surface area contributed by atoms with Crippen molar-refractivity contribution in [1.82, 2.24) is 20.1 Å². The molecule has 1 N–H and O–H groups in total. The van der Waals surface area contributed by atoms with Crippen LogP contribution in [0.3, 0.4) is 0 Å². The molecule has 8 nitrogen and oxygen atoms in total. The zero-order chi connectivity index (χ0) is 32.5. The van der Waals surface area contributed by atoms with E-state index < -0.39 is 53.1 Å². The third kappa shape index (κ3) is 7.29. The van der Waals surface area contributed by atoms with Crippen molar-refractivity contribution in [3.8, 4) is 11.6 Å². The monoisotopic (exact) mass is 635 g/mol. The molecule has 15 heteroatoms. The predicted octanol–water partition coefficient (Wildman–Crippen LogP) is 6.61. The number of benzene rings is 2. The molecule has 3 heterocycles. The van der Waals surface area contributed by atoms with E-state index in [9.17, 15) is 40.3 Å². The summed E-state index contributed by atoms with van der Waals surface area (Å²) in [5.41, 5.74) is -2.82. The van der Waals surface area contributed by atoms with E-state index in [0.29, 0.717) is 25.2 Å². The first-order valence-corrected chi connectivity index (χ1v) is 13.6. The average Bonchev–Trinajstić information content (AvgIpc) is 3.67. The number of nitrogens with zero attached hydrogens (tertiary/aromatic N) is 4. The molecule has 236 valence electrons. The van der Waals surface area contributed by atoms with Gasteiger partial charge in [0.15, 0.2) is 0 Å². The number of alkyl halides is 6. The van der Waals surface area contributed by atoms with E-state index in [2.05, 4.69) is 20.5 Å². The number of carbonyl (C=O) groups excluding carboxylic acids is 2. The van der Waals surface area contributed by atoms with Crippen LogP contribution in [0.25, 0.3) is 11.6 Å². The van der Waals surface area contributed by atoms with Crippen LogP contribution in [-0.2, 0) is 28.4 Å². The fraction of sp³-hybridized carbons (Fsp3) is 0.300. The van der Waals surface area contributed by atoms with Crippen LogP contribution >= 0.6 is 0 Å². The van der Waals surface area contributed by atoms with E-state index in [-0.39, 0.29) is 41.1 Å². The van der Waals surface area contributed by atoms with E-state index in [1.54, 1.807) is 23.2 Å². The molecular formula is C30H24F7N5O3. The van der Waals surface area contributed by atoms with E-state index in [4.69, 9.17) is 4.42 Å². The Morgan fingerprint density at radius 3 is 2.33 bits per heavy atom. The normalized spacial score (nSPS) is 16.1. The van der Waals surface area contributed by atoms with Gasteiger partial charge in [-0.1, -0.05) is 12.1 Å². The molecule has 1 saturated heterocycles. The van der Waals surface area contributed by atoms with E-state index in [1.807, 2.05) is 0 Å². The van der Waals surface area contributed by atoms with Crippen molar-refractivity contribution in [2.24, 2.45) is 0 Å². The largest absolute Gasteiger partial charge is 0.419 e. The number of hydrogen-bond donors (Lipinski definition) is 1. The van der Waals surface area contributed by atoms with Gasteiger partial charge in [0, 0.05) is 44.2 Å². The number of aromatic nitrogens is 3. The highest BCUT2D eigenvalue weighted by atomic mass is 19.4. The zero-order valence-corrected chi connectivity index (χ0v) is 23.4. The van der Waals surface area contributed by atoms with Gasteiger partial charge in [0.2, 0.25) is 17.7 Å². The summed E-state index contributed by atoms with van der Waals surface area (Å²) < 4.78 is 101. The summed E-state index contributed by atoms with van der Waals surface area (Å²) in [4.78, 5) is 31.0. The molecule has 1 aliphatic rings. The molecule has 2 unspecified atom stereocenters. The van der Waals surface area contributed by atoms with Crippen molar-refractivity contribution < 1.29 is 44.7 Å². The lowest BCUT2D eigenvalue weighted by Gasteiger charge is -2.22. The van der Waals surface area contributed by atoms with E-state index in [0.717, 1.165) is 24.1 Å². The van der Waals surface area contributed by atoms with Crippen molar-refractivity contribution >= 4 is 17.5 Å². The van der Waals surface area contributed by atoms with Gasteiger partial charge in [-0.15, -0.1) is 10.2 Å². The predicted molar refractivity (Wildman–Crippen MR) is 145 cm³/mol. The smallest absolute Gasteiger partial charge is 0.416 e. The minimum atomic E-state index is -5.25. The van der Waals surface area contributed by atoms with Crippen LogP contribution in [0.2, 0.25) is 0 Å². The second-order valence-electron chi connectivity index (χ2n) is 10.5. The van der Waals surface area contributed by atoms with Crippen molar-refractivity contribution in [3.05, 3.63) is 94.8 Å². The highest BCUT2D eigenvalue weighted by molar-refractivity contribution is 5.96. The molecule has 0 bridgehead atoms. The van der Waals surface area contributed by atoms with Gasteiger partial charge in [0.05, 0.1) is 17.0 Å². The Labute approximate surface area is 251 Å². The van der Waals surface area contributed by atoms with Gasteiger partial charge in [-0.05, 0) is 60.0 Å². The Morgan fingerprint density at radius 1 is 1.00 bits per heavy atom. The Morgan fingerprint density at radius 2 is 1.73 bits per heavy atom. The van der Waals surface area contributed by atoms with Gasteiger partial charge in [0.1, 0.15) is 11.5 Å². The third-order valence-corrected chi connectivity index (χ3v) is 7.45. The number of rotatable bonds is 7. The second kappa shape index (κ2) is 12.3. The third-order valence-electron chi connectivity index (χ3n) is 7.45. The van der Waals surface area contributed by atoms with Crippen molar-refractivity contribution in [2.75, 3.05) is 18.4 Å². The standard InChI is InChI=1S/C30H24F7N5O3/c1-16(43)42-11-10-18(15-42)17-2-9-25(38-14-17)28-41-40-26(45-28)13-23(27(44)39-21-6-4-20(31)5-7-21)22-8-3-19(29(32,33)34)12-24(22)30(35,36)37/h2-9,12,14,18,23H,10-11,13,15H2,1H3,(H,39,44). The molecule has 2 aromatic heterocycles. The van der Waals surface area contributed by atoms with Crippen LogP contribution in [0.4, 0.5) is 36.4 Å². The molecule has 0 saturated carbocycles. The number of halogens is 7. The summed E-state index contributed by atoms with van der Waals surface area (Å²) in [6, 6.07) is 8.73. The second-order valence-corrected chi connectivity index (χ2v) is 10.5. The van der Waals surface area contributed by atoms with Gasteiger partial charge in [-0.3, -0.25) is 14.6 Å². The number of anilines is 1. The summed E-state index contributed by atoms with van der Waals surface area (Å²) in [7, 11) is 0. The number of likely N-dealkylation sites (tertiary alicyclic amines) is 1. The fourth-order valence-corrected chi connectivity index (χ4v) is 5.09. The molecule has 4 aromatic rings. The van der Waals surface area contributed by atoms with Gasteiger partial charge in [0.25, 0.3) is 5.89 Å². The minimum absolute atomic E-state index is 0.0243. The molecule has 0 radical (unpaired) electrons. The lowest BCUT2D eigenvalue weighted by Crippen LogP contribution is -2.26. The molecule has 2 aromatic carbocycles. The van der Waals surface area contributed by atoms with E-state index in [1.165, 1.54) is 19.1 Å². The summed E-state index contributed by atoms with van der Waals surface area (Å²) in [5, 5.41) is 10.1. The number of nitrogens with one attached hydrogen (secondary N) is 1. The Kier molecular flexibility index (Phi) is 8.63. The first-order chi connectivity index (χ1) is 21.2. The molecule has 0 spiro atoms. The Balaban J connectivity index is 1.44. The van der Waals surface area contributed by atoms with Crippen LogP contribution in [0.1, 0.15) is 53.3 Å². The molecule has 2 amide bonds. The summed E-state index contributed by atoms with van der Waals surface area (Å²) in [6.45, 7) is 2.67. The first-order valence-electron chi connectivity index (χ1n) is 13.6. The minimum Gasteiger partial charge on any atom is -0.419 e. The van der Waals surface area contributed by atoms with Crippen molar-refractivity contribution in [3.63, 3.8) is 0 Å². The van der Waals surface area contributed by atoms with Crippen LogP contribution in [0, 0.1) is 5.82 Å². The van der Waals surface area contributed by atoms with Crippen molar-refractivity contribution in [1.29, 1.82) is 0 Å². The molecular weight excluding hydrogens is 611 g/mol. The molecule has 2 atom stereocenters. The molecule has 0 aliphatic carbocycles. The summed E-state index contributed by atoms with van der Waals surface area (Å²) >= 11 is 0. The lowest BCUT2D eigenvalue weighted by atomic mass is 9.89. The Hall–Kier alpha value is -4.82. The van der Waals surface area contributed by atoms with Crippen LogP contribution in [-0.4, -0.2) is 45.0 Å². The fourth-order valence-electron chi connectivity index (χ4n) is 5.09. The maximum absolute atomic E-state index is 14.1. The summed E-state index contributed by atoms with van der Waals surface area (Å²) in [5.74, 6) is -3.74. The molecule has 45 heavy (non-hydrogen) atoms. The molecule has 1 fully saturated rings. The quantitative estimate of drug-likeness (QED) is 0.230. The number of carbonyl (C=O) groups is 2. The van der Waals surface area contributed by atoms with Gasteiger partial charge in [-0.2, -0.15) is 26.3 Å². The van der Waals surface area contributed by atoms with Crippen LogP contribution in [0.15, 0.2) is 65.2 Å². The van der Waals surface area contributed by atoms with E-state index >= 15 is 0 Å². The van der Waals surface area contributed by atoms with Gasteiger partial charge < -0.3 is 14.6 Å². The SMILES string of the molecule is CC(=O)N1CCC(c2ccc(-c3nnc(CC(C(=O)Nc4ccc(F)cc4)c4ccc(C(F)(F)F)cc4C(F)(F)F)o3)nc2)C1. The van der Waals surface area contributed by atoms with Gasteiger partial charge in [-0.25, -0.2) is 4.39 Å². The topological polar surface area (TPSA) is 101 Å².